The topological polar surface area (TPSA) is 46.3 Å². The molecule has 0 aromatic heterocycles. The first-order valence-corrected chi connectivity index (χ1v) is 6.94. The number of hydrogen-bond donors (Lipinski definition) is 1. The number of amides is 1. The minimum absolute atomic E-state index is 0.110. The molecule has 100 valence electrons. The van der Waals surface area contributed by atoms with Crippen molar-refractivity contribution in [1.82, 2.24) is 4.90 Å². The first kappa shape index (κ1) is 14.5. The Bertz CT molecular complexity index is 255. The molecule has 0 aromatic carbocycles. The minimum Gasteiger partial charge on any atom is -0.341 e. The summed E-state index contributed by atoms with van der Waals surface area (Å²) in [6.07, 6.45) is 6.44. The van der Waals surface area contributed by atoms with Crippen molar-refractivity contribution in [2.75, 3.05) is 7.05 Å². The van der Waals surface area contributed by atoms with Gasteiger partial charge in [-0.1, -0.05) is 20.3 Å². The third kappa shape index (κ3) is 3.70. The molecule has 17 heavy (non-hydrogen) atoms. The summed E-state index contributed by atoms with van der Waals surface area (Å²) in [5, 5.41) is 0. The van der Waals surface area contributed by atoms with E-state index in [1.807, 2.05) is 18.9 Å². The van der Waals surface area contributed by atoms with E-state index in [-0.39, 0.29) is 5.91 Å². The van der Waals surface area contributed by atoms with E-state index in [4.69, 9.17) is 5.73 Å². The van der Waals surface area contributed by atoms with Crippen LogP contribution < -0.4 is 5.73 Å². The van der Waals surface area contributed by atoms with Crippen LogP contribution in [0.4, 0.5) is 0 Å². The first-order valence-electron chi connectivity index (χ1n) is 6.94. The Morgan fingerprint density at radius 1 is 1.35 bits per heavy atom. The van der Waals surface area contributed by atoms with Gasteiger partial charge >= 0.3 is 0 Å². The van der Waals surface area contributed by atoms with Gasteiger partial charge in [-0.3, -0.25) is 4.79 Å². The molecule has 1 aliphatic rings. The number of likely N-dealkylation sites (N-methyl/N-ethyl adjacent to an activating group) is 1. The van der Waals surface area contributed by atoms with Gasteiger partial charge in [0.1, 0.15) is 0 Å². The van der Waals surface area contributed by atoms with Crippen molar-refractivity contribution in [2.45, 2.75) is 70.9 Å². The van der Waals surface area contributed by atoms with Crippen molar-refractivity contribution in [3.63, 3.8) is 0 Å². The van der Waals surface area contributed by atoms with E-state index in [2.05, 4.69) is 13.8 Å². The fourth-order valence-corrected chi connectivity index (χ4v) is 2.82. The van der Waals surface area contributed by atoms with E-state index < -0.39 is 5.54 Å². The molecule has 1 saturated carbocycles. The molecule has 0 aromatic rings. The lowest BCUT2D eigenvalue weighted by Crippen LogP contribution is -2.55. The summed E-state index contributed by atoms with van der Waals surface area (Å²) in [6, 6.07) is 0.401. The highest BCUT2D eigenvalue weighted by Crippen LogP contribution is 2.27. The zero-order valence-corrected chi connectivity index (χ0v) is 11.8. The number of nitrogens with two attached hydrogens (primary N) is 1. The van der Waals surface area contributed by atoms with Crippen LogP contribution in [0.5, 0.6) is 0 Å². The molecule has 0 heterocycles. The molecule has 0 saturated heterocycles. The Balaban J connectivity index is 2.57. The van der Waals surface area contributed by atoms with E-state index in [9.17, 15) is 4.79 Å². The van der Waals surface area contributed by atoms with Gasteiger partial charge in [0, 0.05) is 13.1 Å². The molecule has 0 bridgehead atoms. The van der Waals surface area contributed by atoms with Crippen LogP contribution in [0.1, 0.15) is 59.3 Å². The number of carbonyl (C=O) groups is 1. The van der Waals surface area contributed by atoms with Crippen LogP contribution in [0.2, 0.25) is 0 Å². The number of carbonyl (C=O) groups excluding carboxylic acids is 1. The van der Waals surface area contributed by atoms with Gasteiger partial charge in [-0.2, -0.15) is 0 Å². The molecule has 3 heteroatoms. The Labute approximate surface area is 106 Å². The van der Waals surface area contributed by atoms with Crippen LogP contribution in [0.15, 0.2) is 0 Å². The Hall–Kier alpha value is -0.570. The van der Waals surface area contributed by atoms with Crippen molar-refractivity contribution in [1.29, 1.82) is 0 Å². The van der Waals surface area contributed by atoms with Gasteiger partial charge in [0.25, 0.3) is 0 Å². The number of rotatable bonds is 4. The summed E-state index contributed by atoms with van der Waals surface area (Å²) in [5.41, 5.74) is 5.43. The fraction of sp³-hybridized carbons (Fsp3) is 0.929. The van der Waals surface area contributed by atoms with E-state index >= 15 is 0 Å². The average Bonchev–Trinajstić information content (AvgIpc) is 2.28. The molecule has 2 N–H and O–H groups in total. The predicted molar refractivity (Wildman–Crippen MR) is 71.7 cm³/mol. The second-order valence-electron chi connectivity index (χ2n) is 6.00. The normalized spacial score (nSPS) is 28.5. The molecule has 0 aliphatic heterocycles. The van der Waals surface area contributed by atoms with Crippen molar-refractivity contribution in [3.05, 3.63) is 0 Å². The quantitative estimate of drug-likeness (QED) is 0.821. The van der Waals surface area contributed by atoms with Crippen LogP contribution in [0.3, 0.4) is 0 Å². The number of hydrogen-bond acceptors (Lipinski definition) is 2. The lowest BCUT2D eigenvalue weighted by Gasteiger charge is -2.37. The highest BCUT2D eigenvalue weighted by molar-refractivity contribution is 5.85. The fourth-order valence-electron chi connectivity index (χ4n) is 2.82. The van der Waals surface area contributed by atoms with Crippen LogP contribution in [-0.4, -0.2) is 29.4 Å². The molecule has 1 aliphatic carbocycles. The third-order valence-electron chi connectivity index (χ3n) is 4.11. The standard InChI is InChI=1S/C14H28N2O/c1-5-10-14(3,15)13(17)16(4)12-8-6-11(2)7-9-12/h11-12H,5-10,15H2,1-4H3. The first-order chi connectivity index (χ1) is 7.88. The summed E-state index contributed by atoms with van der Waals surface area (Å²) in [4.78, 5) is 14.2. The summed E-state index contributed by atoms with van der Waals surface area (Å²) in [7, 11) is 1.92. The molecule has 0 radical (unpaired) electrons. The molecule has 3 nitrogen and oxygen atoms in total. The molecule has 1 amide bonds. The zero-order chi connectivity index (χ0) is 13.1. The van der Waals surface area contributed by atoms with Crippen molar-refractivity contribution < 1.29 is 4.79 Å². The van der Waals surface area contributed by atoms with E-state index in [1.165, 1.54) is 12.8 Å². The molecule has 1 atom stereocenters. The van der Waals surface area contributed by atoms with Crippen molar-refractivity contribution in [3.8, 4) is 0 Å². The Morgan fingerprint density at radius 2 is 1.88 bits per heavy atom. The highest BCUT2D eigenvalue weighted by atomic mass is 16.2. The van der Waals surface area contributed by atoms with E-state index in [1.54, 1.807) is 0 Å². The van der Waals surface area contributed by atoms with Crippen LogP contribution in [0.25, 0.3) is 0 Å². The lowest BCUT2D eigenvalue weighted by molar-refractivity contribution is -0.138. The second kappa shape index (κ2) is 5.85. The summed E-state index contributed by atoms with van der Waals surface area (Å²) >= 11 is 0. The maximum Gasteiger partial charge on any atom is 0.242 e. The zero-order valence-electron chi connectivity index (χ0n) is 11.8. The minimum atomic E-state index is -0.688. The maximum absolute atomic E-state index is 12.3. The monoisotopic (exact) mass is 240 g/mol. The number of nitrogens with zero attached hydrogens (tertiary/aromatic N) is 1. The molecular weight excluding hydrogens is 212 g/mol. The summed E-state index contributed by atoms with van der Waals surface area (Å²) in [5.74, 6) is 0.925. The average molecular weight is 240 g/mol. The van der Waals surface area contributed by atoms with Gasteiger partial charge in [-0.25, -0.2) is 0 Å². The largest absolute Gasteiger partial charge is 0.341 e. The van der Waals surface area contributed by atoms with Gasteiger partial charge in [-0.05, 0) is 44.9 Å². The molecule has 1 rings (SSSR count). The maximum atomic E-state index is 12.3. The highest BCUT2D eigenvalue weighted by Gasteiger charge is 2.34. The summed E-state index contributed by atoms with van der Waals surface area (Å²) in [6.45, 7) is 6.23. The predicted octanol–water partition coefficient (Wildman–Crippen LogP) is 2.54. The Morgan fingerprint density at radius 3 is 2.35 bits per heavy atom. The summed E-state index contributed by atoms with van der Waals surface area (Å²) < 4.78 is 0. The van der Waals surface area contributed by atoms with Gasteiger partial charge in [0.15, 0.2) is 0 Å². The van der Waals surface area contributed by atoms with Crippen molar-refractivity contribution >= 4 is 5.91 Å². The molecule has 1 unspecified atom stereocenters. The molecule has 1 fully saturated rings. The SMILES string of the molecule is CCCC(C)(N)C(=O)N(C)C1CCC(C)CC1. The van der Waals surface area contributed by atoms with Gasteiger partial charge < -0.3 is 10.6 Å². The van der Waals surface area contributed by atoms with Crippen LogP contribution >= 0.6 is 0 Å². The Kier molecular flexibility index (Phi) is 4.99. The second-order valence-corrected chi connectivity index (χ2v) is 6.00. The van der Waals surface area contributed by atoms with E-state index in [0.29, 0.717) is 6.04 Å². The van der Waals surface area contributed by atoms with Crippen LogP contribution in [0, 0.1) is 5.92 Å². The van der Waals surface area contributed by atoms with Gasteiger partial charge in [0.2, 0.25) is 5.91 Å². The lowest BCUT2D eigenvalue weighted by atomic mass is 9.85. The van der Waals surface area contributed by atoms with E-state index in [0.717, 1.165) is 31.6 Å². The molecular formula is C14H28N2O. The van der Waals surface area contributed by atoms with Crippen LogP contribution in [-0.2, 0) is 4.79 Å². The van der Waals surface area contributed by atoms with Gasteiger partial charge in [0.05, 0.1) is 5.54 Å². The third-order valence-corrected chi connectivity index (χ3v) is 4.11. The smallest absolute Gasteiger partial charge is 0.242 e. The van der Waals surface area contributed by atoms with Gasteiger partial charge in [-0.15, -0.1) is 0 Å². The molecule has 0 spiro atoms. The van der Waals surface area contributed by atoms with Crippen molar-refractivity contribution in [2.24, 2.45) is 11.7 Å².